The van der Waals surface area contributed by atoms with E-state index in [1.54, 1.807) is 24.3 Å². The molecule has 3 unspecified atom stereocenters. The summed E-state index contributed by atoms with van der Waals surface area (Å²) in [6.07, 6.45) is 4.75. The van der Waals surface area contributed by atoms with Crippen LogP contribution in [0.25, 0.3) is 0 Å². The van der Waals surface area contributed by atoms with Gasteiger partial charge < -0.3 is 9.64 Å². The minimum Gasteiger partial charge on any atom is -0.458 e. The Hall–Kier alpha value is -1.06. The van der Waals surface area contributed by atoms with Crippen molar-refractivity contribution >= 4 is 17.6 Å². The largest absolute Gasteiger partial charge is 0.458 e. The molecule has 0 N–H and O–H groups in total. The van der Waals surface area contributed by atoms with Crippen molar-refractivity contribution in [2.75, 3.05) is 20.1 Å². The first kappa shape index (κ1) is 14.9. The van der Waals surface area contributed by atoms with E-state index in [0.29, 0.717) is 16.5 Å². The molecule has 0 radical (unpaired) electrons. The molecule has 1 aliphatic heterocycles. The lowest BCUT2D eigenvalue weighted by atomic mass is 9.73. The predicted octanol–water partition coefficient (Wildman–Crippen LogP) is 3.62. The fourth-order valence-corrected chi connectivity index (χ4v) is 3.84. The van der Waals surface area contributed by atoms with E-state index in [4.69, 9.17) is 16.3 Å². The summed E-state index contributed by atoms with van der Waals surface area (Å²) in [5.41, 5.74) is 0.589. The van der Waals surface area contributed by atoms with Crippen LogP contribution < -0.4 is 0 Å². The highest BCUT2D eigenvalue weighted by atomic mass is 35.5. The molecule has 3 nitrogen and oxygen atoms in total. The van der Waals surface area contributed by atoms with Gasteiger partial charge in [-0.15, -0.1) is 0 Å². The second-order valence-corrected chi connectivity index (χ2v) is 6.79. The molecule has 0 aromatic heterocycles. The van der Waals surface area contributed by atoms with E-state index in [1.165, 1.54) is 25.8 Å². The van der Waals surface area contributed by atoms with E-state index in [2.05, 4.69) is 11.9 Å². The number of halogens is 1. The second-order valence-electron chi connectivity index (χ2n) is 6.36. The number of likely N-dealkylation sites (tertiary alicyclic amines) is 1. The molecule has 1 aromatic rings. The first-order valence-electron chi connectivity index (χ1n) is 7.78. The van der Waals surface area contributed by atoms with Crippen LogP contribution in [-0.4, -0.2) is 37.1 Å². The van der Waals surface area contributed by atoms with Crippen molar-refractivity contribution in [2.24, 2.45) is 11.8 Å². The number of fused-ring (bicyclic) bond motifs is 1. The normalized spacial score (nSPS) is 29.7. The summed E-state index contributed by atoms with van der Waals surface area (Å²) in [5.74, 6) is 0.997. The molecule has 114 valence electrons. The lowest BCUT2D eigenvalue weighted by Gasteiger charge is -2.43. The van der Waals surface area contributed by atoms with Gasteiger partial charge in [0, 0.05) is 17.5 Å². The fourth-order valence-electron chi connectivity index (χ4n) is 3.71. The summed E-state index contributed by atoms with van der Waals surface area (Å²) in [6, 6.07) is 6.93. The van der Waals surface area contributed by atoms with Gasteiger partial charge in [-0.3, -0.25) is 0 Å². The average molecular weight is 308 g/mol. The third-order valence-electron chi connectivity index (χ3n) is 4.89. The molecule has 0 bridgehead atoms. The quantitative estimate of drug-likeness (QED) is 0.782. The van der Waals surface area contributed by atoms with E-state index < -0.39 is 0 Å². The third-order valence-corrected chi connectivity index (χ3v) is 5.14. The van der Waals surface area contributed by atoms with Crippen LogP contribution in [0.15, 0.2) is 24.3 Å². The molecule has 3 rings (SSSR count). The first-order valence-corrected chi connectivity index (χ1v) is 8.16. The van der Waals surface area contributed by atoms with Crippen LogP contribution >= 0.6 is 11.6 Å². The van der Waals surface area contributed by atoms with Crippen LogP contribution in [0.3, 0.4) is 0 Å². The smallest absolute Gasteiger partial charge is 0.338 e. The lowest BCUT2D eigenvalue weighted by Crippen LogP contribution is -2.47. The summed E-state index contributed by atoms with van der Waals surface area (Å²) >= 11 is 5.86. The second kappa shape index (κ2) is 6.37. The molecule has 21 heavy (non-hydrogen) atoms. The van der Waals surface area contributed by atoms with Crippen LogP contribution in [0.5, 0.6) is 0 Å². The maximum atomic E-state index is 12.3. The molecule has 0 amide bonds. The van der Waals surface area contributed by atoms with Gasteiger partial charge in [-0.05, 0) is 69.5 Å². The molecular formula is C17H22ClNO2. The van der Waals surface area contributed by atoms with Gasteiger partial charge in [-0.25, -0.2) is 4.79 Å². The minimum atomic E-state index is -0.217. The Labute approximate surface area is 131 Å². The number of carbonyl (C=O) groups is 1. The summed E-state index contributed by atoms with van der Waals surface area (Å²) in [4.78, 5) is 14.7. The zero-order valence-corrected chi connectivity index (χ0v) is 13.2. The highest BCUT2D eigenvalue weighted by molar-refractivity contribution is 6.30. The highest BCUT2D eigenvalue weighted by Gasteiger charge is 2.38. The van der Waals surface area contributed by atoms with E-state index in [1.807, 2.05) is 0 Å². The predicted molar refractivity (Wildman–Crippen MR) is 83.6 cm³/mol. The average Bonchev–Trinajstić information content (AvgIpc) is 2.48. The van der Waals surface area contributed by atoms with Gasteiger partial charge in [0.05, 0.1) is 5.56 Å². The molecule has 1 aliphatic carbocycles. The van der Waals surface area contributed by atoms with E-state index >= 15 is 0 Å². The first-order chi connectivity index (χ1) is 10.1. The number of esters is 1. The fraction of sp³-hybridized carbons (Fsp3) is 0.588. The van der Waals surface area contributed by atoms with Gasteiger partial charge in [0.25, 0.3) is 0 Å². The number of rotatable bonds is 2. The Kier molecular flexibility index (Phi) is 4.51. The van der Waals surface area contributed by atoms with Gasteiger partial charge in [0.1, 0.15) is 6.10 Å². The maximum Gasteiger partial charge on any atom is 0.338 e. The van der Waals surface area contributed by atoms with Gasteiger partial charge in [0.15, 0.2) is 0 Å². The van der Waals surface area contributed by atoms with Crippen molar-refractivity contribution in [2.45, 2.75) is 31.8 Å². The topological polar surface area (TPSA) is 29.5 Å². The summed E-state index contributed by atoms with van der Waals surface area (Å²) < 4.78 is 5.83. The molecule has 1 saturated carbocycles. The standard InChI is InChI=1S/C17H22ClNO2/c1-19-10-9-12-3-2-4-16(15(12)11-19)21-17(20)13-5-7-14(18)8-6-13/h5-8,12,15-16H,2-4,9-11H2,1H3. The van der Waals surface area contributed by atoms with Crippen molar-refractivity contribution in [3.63, 3.8) is 0 Å². The Balaban J connectivity index is 1.68. The van der Waals surface area contributed by atoms with Crippen molar-refractivity contribution in [1.29, 1.82) is 0 Å². The zero-order chi connectivity index (χ0) is 14.8. The molecule has 1 heterocycles. The van der Waals surface area contributed by atoms with Crippen LogP contribution in [0.4, 0.5) is 0 Å². The minimum absolute atomic E-state index is 0.0645. The molecule has 3 atom stereocenters. The van der Waals surface area contributed by atoms with Crippen molar-refractivity contribution in [3.05, 3.63) is 34.9 Å². The maximum absolute atomic E-state index is 12.3. The Bertz CT molecular complexity index is 502. The van der Waals surface area contributed by atoms with E-state index in [0.717, 1.165) is 18.9 Å². The molecule has 0 spiro atoms. The number of ether oxygens (including phenoxy) is 1. The number of carbonyl (C=O) groups excluding carboxylic acids is 1. The number of piperidine rings is 1. The molecule has 2 aliphatic rings. The number of benzene rings is 1. The van der Waals surface area contributed by atoms with Crippen LogP contribution in [0, 0.1) is 11.8 Å². The number of nitrogens with zero attached hydrogens (tertiary/aromatic N) is 1. The van der Waals surface area contributed by atoms with Crippen LogP contribution in [0.2, 0.25) is 5.02 Å². The molecule has 1 saturated heterocycles. The van der Waals surface area contributed by atoms with E-state index in [-0.39, 0.29) is 12.1 Å². The number of hydrogen-bond donors (Lipinski definition) is 0. The Morgan fingerprint density at radius 1 is 1.24 bits per heavy atom. The number of hydrogen-bond acceptors (Lipinski definition) is 3. The highest BCUT2D eigenvalue weighted by Crippen LogP contribution is 2.37. The third kappa shape index (κ3) is 3.41. The van der Waals surface area contributed by atoms with Gasteiger partial charge in [-0.1, -0.05) is 11.6 Å². The summed E-state index contributed by atoms with van der Waals surface area (Å²) in [7, 11) is 2.16. The van der Waals surface area contributed by atoms with Crippen molar-refractivity contribution < 1.29 is 9.53 Å². The molecular weight excluding hydrogens is 286 g/mol. The van der Waals surface area contributed by atoms with Crippen molar-refractivity contribution in [1.82, 2.24) is 4.90 Å². The van der Waals surface area contributed by atoms with Gasteiger partial charge in [-0.2, -0.15) is 0 Å². The van der Waals surface area contributed by atoms with E-state index in [9.17, 15) is 4.79 Å². The van der Waals surface area contributed by atoms with Crippen LogP contribution in [0.1, 0.15) is 36.0 Å². The summed E-state index contributed by atoms with van der Waals surface area (Å²) in [6.45, 7) is 2.21. The van der Waals surface area contributed by atoms with Gasteiger partial charge >= 0.3 is 5.97 Å². The van der Waals surface area contributed by atoms with Crippen LogP contribution in [-0.2, 0) is 4.74 Å². The Morgan fingerprint density at radius 2 is 2.00 bits per heavy atom. The molecule has 1 aromatic carbocycles. The molecule has 2 fully saturated rings. The lowest BCUT2D eigenvalue weighted by molar-refractivity contribution is -0.0365. The SMILES string of the molecule is CN1CCC2CCCC(OC(=O)c3ccc(Cl)cc3)C2C1. The van der Waals surface area contributed by atoms with Gasteiger partial charge in [0.2, 0.25) is 0 Å². The Morgan fingerprint density at radius 3 is 2.76 bits per heavy atom. The molecule has 4 heteroatoms. The zero-order valence-electron chi connectivity index (χ0n) is 12.4. The monoisotopic (exact) mass is 307 g/mol. The van der Waals surface area contributed by atoms with Crippen molar-refractivity contribution in [3.8, 4) is 0 Å². The summed E-state index contributed by atoms with van der Waals surface area (Å²) in [5, 5.41) is 0.637.